The summed E-state index contributed by atoms with van der Waals surface area (Å²) in [7, 11) is 0. The van der Waals surface area contributed by atoms with Gasteiger partial charge in [0.05, 0.1) is 21.8 Å². The second-order valence-electron chi connectivity index (χ2n) is 8.79. The fourth-order valence-corrected chi connectivity index (χ4v) is 5.20. The van der Waals surface area contributed by atoms with Crippen LogP contribution in [0, 0.1) is 6.92 Å². The molecule has 2 aromatic heterocycles. The Morgan fingerprint density at radius 2 is 1.95 bits per heavy atom. The monoisotopic (exact) mass is 550 g/mol. The van der Waals surface area contributed by atoms with Crippen molar-refractivity contribution < 1.29 is 9.21 Å². The number of carbonyl (C=O) groups is 1. The summed E-state index contributed by atoms with van der Waals surface area (Å²) in [6, 6.07) is 22.1. The standard InChI is InChI=1S/C28H24Cl2N4O2S/c1-17-6-4-7-18(16-17)32-24(35)13-15-34-27(26(33-28(34)37)21-10-2-3-14-31-21)23-12-11-22(36-23)19-8-5-9-20(29)25(19)30/h2-12,14,16,26-27H,13,15H2,1H3,(H,32,35)(H,33,37). The fourth-order valence-electron chi connectivity index (χ4n) is 4.47. The van der Waals surface area contributed by atoms with Gasteiger partial charge in [0.1, 0.15) is 17.6 Å². The van der Waals surface area contributed by atoms with Crippen molar-refractivity contribution in [1.29, 1.82) is 0 Å². The molecule has 9 heteroatoms. The number of nitrogens with zero attached hydrogens (tertiary/aromatic N) is 2. The Labute approximate surface area is 230 Å². The predicted octanol–water partition coefficient (Wildman–Crippen LogP) is 6.96. The summed E-state index contributed by atoms with van der Waals surface area (Å²) in [5, 5.41) is 7.75. The number of benzene rings is 2. The maximum atomic E-state index is 12.8. The third kappa shape index (κ3) is 5.49. The van der Waals surface area contributed by atoms with Crippen molar-refractivity contribution >= 4 is 52.1 Å². The van der Waals surface area contributed by atoms with Gasteiger partial charge in [-0.1, -0.05) is 47.5 Å². The highest BCUT2D eigenvalue weighted by atomic mass is 35.5. The van der Waals surface area contributed by atoms with E-state index in [1.165, 1.54) is 0 Å². The molecule has 5 rings (SSSR count). The van der Waals surface area contributed by atoms with Crippen LogP contribution in [0.15, 0.2) is 83.4 Å². The van der Waals surface area contributed by atoms with Crippen molar-refractivity contribution in [3.8, 4) is 11.3 Å². The van der Waals surface area contributed by atoms with Crippen molar-refractivity contribution in [2.75, 3.05) is 11.9 Å². The van der Waals surface area contributed by atoms with E-state index < -0.39 is 0 Å². The summed E-state index contributed by atoms with van der Waals surface area (Å²) < 4.78 is 6.32. The molecular formula is C28H24Cl2N4O2S. The van der Waals surface area contributed by atoms with Crippen LogP contribution in [-0.2, 0) is 4.79 Å². The molecular weight excluding hydrogens is 527 g/mol. The Bertz CT molecular complexity index is 1440. The Hall–Kier alpha value is -3.39. The van der Waals surface area contributed by atoms with E-state index in [1.807, 2.05) is 78.6 Å². The summed E-state index contributed by atoms with van der Waals surface area (Å²) in [5.74, 6) is 1.17. The minimum atomic E-state index is -0.319. The molecule has 0 spiro atoms. The van der Waals surface area contributed by atoms with Crippen LogP contribution < -0.4 is 10.6 Å². The zero-order valence-corrected chi connectivity index (χ0v) is 22.3. The molecule has 3 heterocycles. The second kappa shape index (κ2) is 10.9. The molecule has 2 atom stereocenters. The smallest absolute Gasteiger partial charge is 0.226 e. The normalized spacial score (nSPS) is 17.1. The molecule has 1 amide bonds. The molecule has 0 saturated carbocycles. The average Bonchev–Trinajstić information content (AvgIpc) is 3.49. The molecule has 6 nitrogen and oxygen atoms in total. The first-order valence-electron chi connectivity index (χ1n) is 11.8. The Morgan fingerprint density at radius 3 is 2.73 bits per heavy atom. The predicted molar refractivity (Wildman–Crippen MR) is 151 cm³/mol. The van der Waals surface area contributed by atoms with Gasteiger partial charge in [0.2, 0.25) is 5.91 Å². The van der Waals surface area contributed by atoms with Crippen molar-refractivity contribution in [3.05, 3.63) is 106 Å². The average molecular weight is 551 g/mol. The van der Waals surface area contributed by atoms with Gasteiger partial charge in [0.15, 0.2) is 5.11 Å². The number of thiocarbonyl (C=S) groups is 1. The highest BCUT2D eigenvalue weighted by molar-refractivity contribution is 7.80. The molecule has 1 aliphatic rings. The van der Waals surface area contributed by atoms with Gasteiger partial charge in [-0.05, 0) is 73.2 Å². The van der Waals surface area contributed by atoms with Gasteiger partial charge in [-0.25, -0.2) is 0 Å². The molecule has 37 heavy (non-hydrogen) atoms. The van der Waals surface area contributed by atoms with Crippen molar-refractivity contribution in [2.24, 2.45) is 0 Å². The van der Waals surface area contributed by atoms with E-state index in [1.54, 1.807) is 12.3 Å². The number of halogens is 2. The summed E-state index contributed by atoms with van der Waals surface area (Å²) >= 11 is 18.4. The number of hydrogen-bond donors (Lipinski definition) is 2. The van der Waals surface area contributed by atoms with Gasteiger partial charge in [-0.15, -0.1) is 0 Å². The minimum Gasteiger partial charge on any atom is -0.459 e. The number of aryl methyl sites for hydroxylation is 1. The van der Waals surface area contributed by atoms with Crippen molar-refractivity contribution in [1.82, 2.24) is 15.2 Å². The number of carbonyl (C=O) groups excluding carboxylic acids is 1. The van der Waals surface area contributed by atoms with Crippen LogP contribution in [0.2, 0.25) is 10.0 Å². The largest absolute Gasteiger partial charge is 0.459 e. The molecule has 0 radical (unpaired) electrons. The molecule has 2 unspecified atom stereocenters. The van der Waals surface area contributed by atoms with Gasteiger partial charge < -0.3 is 20.0 Å². The summed E-state index contributed by atoms with van der Waals surface area (Å²) in [6.45, 7) is 2.38. The maximum Gasteiger partial charge on any atom is 0.226 e. The van der Waals surface area contributed by atoms with E-state index in [0.717, 1.165) is 16.9 Å². The molecule has 0 aliphatic carbocycles. The Balaban J connectivity index is 1.42. The maximum absolute atomic E-state index is 12.8. The zero-order chi connectivity index (χ0) is 25.9. The van der Waals surface area contributed by atoms with E-state index in [0.29, 0.717) is 38.8 Å². The summed E-state index contributed by atoms with van der Waals surface area (Å²) in [5.41, 5.74) is 3.37. The van der Waals surface area contributed by atoms with Crippen LogP contribution in [0.3, 0.4) is 0 Å². The quantitative estimate of drug-likeness (QED) is 0.242. The first-order chi connectivity index (χ1) is 17.9. The van der Waals surface area contributed by atoms with E-state index in [-0.39, 0.29) is 24.4 Å². The summed E-state index contributed by atoms with van der Waals surface area (Å²) in [4.78, 5) is 19.3. The van der Waals surface area contributed by atoms with E-state index in [9.17, 15) is 4.79 Å². The lowest BCUT2D eigenvalue weighted by Crippen LogP contribution is -2.32. The zero-order valence-electron chi connectivity index (χ0n) is 19.9. The van der Waals surface area contributed by atoms with Crippen LogP contribution >= 0.6 is 35.4 Å². The molecule has 2 aromatic carbocycles. The molecule has 1 fully saturated rings. The topological polar surface area (TPSA) is 70.4 Å². The van der Waals surface area contributed by atoms with Crippen LogP contribution in [-0.4, -0.2) is 27.4 Å². The Morgan fingerprint density at radius 1 is 1.11 bits per heavy atom. The highest BCUT2D eigenvalue weighted by Gasteiger charge is 2.41. The van der Waals surface area contributed by atoms with Crippen molar-refractivity contribution in [2.45, 2.75) is 25.4 Å². The van der Waals surface area contributed by atoms with Crippen molar-refractivity contribution in [3.63, 3.8) is 0 Å². The van der Waals surface area contributed by atoms with Gasteiger partial charge in [0.25, 0.3) is 0 Å². The third-order valence-electron chi connectivity index (χ3n) is 6.21. The van der Waals surface area contributed by atoms with Crippen LogP contribution in [0.5, 0.6) is 0 Å². The minimum absolute atomic E-state index is 0.0979. The molecule has 0 bridgehead atoms. The lowest BCUT2D eigenvalue weighted by atomic mass is 10.0. The number of hydrogen-bond acceptors (Lipinski definition) is 4. The number of nitrogens with one attached hydrogen (secondary N) is 2. The first kappa shape index (κ1) is 25.3. The first-order valence-corrected chi connectivity index (χ1v) is 13.0. The van der Waals surface area contributed by atoms with Crippen LogP contribution in [0.1, 0.15) is 35.5 Å². The van der Waals surface area contributed by atoms with Gasteiger partial charge in [-0.3, -0.25) is 9.78 Å². The number of furan rings is 1. The molecule has 4 aromatic rings. The van der Waals surface area contributed by atoms with Crippen LogP contribution in [0.4, 0.5) is 5.69 Å². The molecule has 2 N–H and O–H groups in total. The van der Waals surface area contributed by atoms with Gasteiger partial charge in [0, 0.05) is 30.4 Å². The third-order valence-corrected chi connectivity index (χ3v) is 7.39. The number of pyridine rings is 1. The molecule has 1 aliphatic heterocycles. The van der Waals surface area contributed by atoms with Crippen LogP contribution in [0.25, 0.3) is 11.3 Å². The SMILES string of the molecule is Cc1cccc(NC(=O)CCN2C(=S)NC(c3ccccn3)C2c2ccc(-c3cccc(Cl)c3Cl)o2)c1. The second-order valence-corrected chi connectivity index (χ2v) is 9.96. The number of amides is 1. The van der Waals surface area contributed by atoms with Gasteiger partial charge in [-0.2, -0.15) is 0 Å². The van der Waals surface area contributed by atoms with Gasteiger partial charge >= 0.3 is 0 Å². The lowest BCUT2D eigenvalue weighted by Gasteiger charge is -2.25. The molecule has 188 valence electrons. The number of aromatic nitrogens is 1. The lowest BCUT2D eigenvalue weighted by molar-refractivity contribution is -0.116. The van der Waals surface area contributed by atoms with E-state index in [2.05, 4.69) is 15.6 Å². The summed E-state index contributed by atoms with van der Waals surface area (Å²) in [6.07, 6.45) is 1.99. The fraction of sp³-hybridized carbons (Fsp3) is 0.179. The van der Waals surface area contributed by atoms with E-state index in [4.69, 9.17) is 39.8 Å². The highest BCUT2D eigenvalue weighted by Crippen LogP contribution is 2.42. The molecule has 1 saturated heterocycles. The van der Waals surface area contributed by atoms with E-state index >= 15 is 0 Å². The number of rotatable bonds is 7. The number of anilines is 1. The Kier molecular flexibility index (Phi) is 7.46.